The normalized spacial score (nSPS) is 13.7. The maximum Gasteiger partial charge on any atom is 0.408 e. The van der Waals surface area contributed by atoms with Gasteiger partial charge in [0.1, 0.15) is 11.8 Å². The van der Waals surface area contributed by atoms with E-state index in [1.54, 1.807) is 46.8 Å². The van der Waals surface area contributed by atoms with Crippen LogP contribution in [0.15, 0.2) is 29.2 Å². The third kappa shape index (κ3) is 7.38. The predicted molar refractivity (Wildman–Crippen MR) is 106 cm³/mol. The number of nitrogens with one attached hydrogen (secondary N) is 2. The van der Waals surface area contributed by atoms with Gasteiger partial charge in [0.05, 0.1) is 23.9 Å². The van der Waals surface area contributed by atoms with Crippen LogP contribution in [0, 0.1) is 5.92 Å². The Labute approximate surface area is 166 Å². The lowest BCUT2D eigenvalue weighted by molar-refractivity contribution is -0.124. The predicted octanol–water partition coefficient (Wildman–Crippen LogP) is 2.13. The number of methoxy groups -OCH3 is 1. The van der Waals surface area contributed by atoms with Crippen LogP contribution in [0.4, 0.5) is 4.79 Å². The molecule has 2 amide bonds. The molecule has 0 aromatic heterocycles. The number of benzene rings is 1. The molecule has 28 heavy (non-hydrogen) atoms. The molecule has 1 rings (SSSR count). The summed E-state index contributed by atoms with van der Waals surface area (Å²) in [4.78, 5) is 24.5. The number of rotatable bonds is 9. The summed E-state index contributed by atoms with van der Waals surface area (Å²) in [5.41, 5.74) is 0. The second-order valence-corrected chi connectivity index (χ2v) is 9.22. The number of alkyl carbamates (subject to hydrolysis) is 1. The van der Waals surface area contributed by atoms with E-state index in [-0.39, 0.29) is 22.7 Å². The Bertz CT molecular complexity index is 759. The fraction of sp³-hybridized carbons (Fsp3) is 0.579. The van der Waals surface area contributed by atoms with Gasteiger partial charge in [-0.3, -0.25) is 4.79 Å². The quantitative estimate of drug-likeness (QED) is 0.640. The highest BCUT2D eigenvalue weighted by molar-refractivity contribution is 7.91. The molecule has 0 spiro atoms. The van der Waals surface area contributed by atoms with Gasteiger partial charge in [-0.05, 0) is 51.0 Å². The number of hydrogen-bond acceptors (Lipinski definition) is 6. The van der Waals surface area contributed by atoms with Crippen molar-refractivity contribution in [3.05, 3.63) is 24.3 Å². The number of sulfone groups is 1. The highest BCUT2D eigenvalue weighted by Gasteiger charge is 2.28. The summed E-state index contributed by atoms with van der Waals surface area (Å²) < 4.78 is 35.1. The van der Waals surface area contributed by atoms with Crippen LogP contribution in [0.25, 0.3) is 0 Å². The van der Waals surface area contributed by atoms with Crippen molar-refractivity contribution in [1.29, 1.82) is 0 Å². The Morgan fingerprint density at radius 1 is 1.00 bits per heavy atom. The topological polar surface area (TPSA) is 111 Å². The maximum absolute atomic E-state index is 12.5. The van der Waals surface area contributed by atoms with Crippen molar-refractivity contribution in [3.63, 3.8) is 0 Å². The SMILES string of the molecule is COc1ccc(S(=O)(=O)CC(C)NC(=O)C(NC(=O)OC(C)C)C(C)C)cc1. The molecule has 158 valence electrons. The van der Waals surface area contributed by atoms with Gasteiger partial charge in [-0.2, -0.15) is 0 Å². The van der Waals surface area contributed by atoms with Gasteiger partial charge < -0.3 is 20.1 Å². The van der Waals surface area contributed by atoms with Gasteiger partial charge in [-0.25, -0.2) is 13.2 Å². The fourth-order valence-corrected chi connectivity index (χ4v) is 3.98. The third-order valence-electron chi connectivity index (χ3n) is 3.84. The van der Waals surface area contributed by atoms with E-state index in [1.807, 2.05) is 0 Å². The van der Waals surface area contributed by atoms with Crippen LogP contribution < -0.4 is 15.4 Å². The van der Waals surface area contributed by atoms with Crippen molar-refractivity contribution in [1.82, 2.24) is 10.6 Å². The fourth-order valence-electron chi connectivity index (χ4n) is 2.49. The van der Waals surface area contributed by atoms with Crippen LogP contribution in [0.3, 0.4) is 0 Å². The lowest BCUT2D eigenvalue weighted by atomic mass is 10.0. The van der Waals surface area contributed by atoms with Crippen LogP contribution >= 0.6 is 0 Å². The second-order valence-electron chi connectivity index (χ2n) is 7.19. The van der Waals surface area contributed by atoms with Crippen LogP contribution in [0.1, 0.15) is 34.6 Å². The molecule has 9 heteroatoms. The first-order chi connectivity index (χ1) is 13.0. The summed E-state index contributed by atoms with van der Waals surface area (Å²) in [6.45, 7) is 8.56. The van der Waals surface area contributed by atoms with Crippen molar-refractivity contribution in [3.8, 4) is 5.75 Å². The zero-order chi connectivity index (χ0) is 21.5. The average Bonchev–Trinajstić information content (AvgIpc) is 2.58. The second kappa shape index (κ2) is 10.3. The van der Waals surface area contributed by atoms with E-state index in [2.05, 4.69) is 10.6 Å². The molecule has 0 aliphatic rings. The van der Waals surface area contributed by atoms with Crippen LogP contribution in [0.5, 0.6) is 5.75 Å². The van der Waals surface area contributed by atoms with E-state index in [0.717, 1.165) is 0 Å². The van der Waals surface area contributed by atoms with Gasteiger partial charge in [0.25, 0.3) is 0 Å². The first-order valence-corrected chi connectivity index (χ1v) is 10.8. The molecule has 1 aromatic rings. The van der Waals surface area contributed by atoms with Crippen LogP contribution in [0.2, 0.25) is 0 Å². The number of hydrogen-bond donors (Lipinski definition) is 2. The Morgan fingerprint density at radius 3 is 2.04 bits per heavy atom. The molecule has 8 nitrogen and oxygen atoms in total. The summed E-state index contributed by atoms with van der Waals surface area (Å²) in [5.74, 6) is -0.385. The van der Waals surface area contributed by atoms with Gasteiger partial charge in [0.15, 0.2) is 9.84 Å². The molecule has 0 bridgehead atoms. The highest BCUT2D eigenvalue weighted by atomic mass is 32.2. The number of ether oxygens (including phenoxy) is 2. The molecule has 2 N–H and O–H groups in total. The first-order valence-electron chi connectivity index (χ1n) is 9.10. The van der Waals surface area contributed by atoms with Gasteiger partial charge >= 0.3 is 6.09 Å². The third-order valence-corrected chi connectivity index (χ3v) is 5.77. The van der Waals surface area contributed by atoms with Gasteiger partial charge in [-0.1, -0.05) is 13.8 Å². The monoisotopic (exact) mass is 414 g/mol. The lowest BCUT2D eigenvalue weighted by Crippen LogP contribution is -2.52. The highest BCUT2D eigenvalue weighted by Crippen LogP contribution is 2.17. The van der Waals surface area contributed by atoms with Crippen molar-refractivity contribution in [2.75, 3.05) is 12.9 Å². The zero-order valence-corrected chi connectivity index (χ0v) is 18.0. The lowest BCUT2D eigenvalue weighted by Gasteiger charge is -2.24. The van der Waals surface area contributed by atoms with Crippen molar-refractivity contribution in [2.24, 2.45) is 5.92 Å². The van der Waals surface area contributed by atoms with Gasteiger partial charge in [0.2, 0.25) is 5.91 Å². The molecule has 0 heterocycles. The van der Waals surface area contributed by atoms with E-state index >= 15 is 0 Å². The minimum absolute atomic E-state index is 0.147. The number of carbonyl (C=O) groups excluding carboxylic acids is 2. The molecule has 0 saturated carbocycles. The largest absolute Gasteiger partial charge is 0.497 e. The van der Waals surface area contributed by atoms with E-state index < -0.39 is 33.9 Å². The summed E-state index contributed by atoms with van der Waals surface area (Å²) in [5, 5.41) is 5.18. The zero-order valence-electron chi connectivity index (χ0n) is 17.2. The Morgan fingerprint density at radius 2 is 1.57 bits per heavy atom. The number of amides is 2. The standard InChI is InChI=1S/C19H30N2O6S/c1-12(2)17(21-19(23)27-13(3)4)18(22)20-14(5)11-28(24,25)16-9-7-15(26-6)8-10-16/h7-10,12-14,17H,11H2,1-6H3,(H,20,22)(H,21,23). The smallest absolute Gasteiger partial charge is 0.408 e. The molecule has 0 saturated heterocycles. The van der Waals surface area contributed by atoms with Gasteiger partial charge in [-0.15, -0.1) is 0 Å². The van der Waals surface area contributed by atoms with E-state index in [0.29, 0.717) is 5.75 Å². The summed E-state index contributed by atoms with van der Waals surface area (Å²) in [6, 6.07) is 4.57. The summed E-state index contributed by atoms with van der Waals surface area (Å²) in [7, 11) is -2.10. The molecule has 0 radical (unpaired) electrons. The Balaban J connectivity index is 2.76. The van der Waals surface area contributed by atoms with E-state index in [1.165, 1.54) is 19.2 Å². The average molecular weight is 415 g/mol. The number of carbonyl (C=O) groups is 2. The molecule has 1 aromatic carbocycles. The van der Waals surface area contributed by atoms with E-state index in [9.17, 15) is 18.0 Å². The minimum Gasteiger partial charge on any atom is -0.497 e. The van der Waals surface area contributed by atoms with Crippen molar-refractivity contribution >= 4 is 21.8 Å². The van der Waals surface area contributed by atoms with E-state index in [4.69, 9.17) is 9.47 Å². The molecule has 2 atom stereocenters. The molecule has 0 aliphatic carbocycles. The first kappa shape index (κ1) is 23.7. The Kier molecular flexibility index (Phi) is 8.74. The summed E-state index contributed by atoms with van der Waals surface area (Å²) >= 11 is 0. The Hall–Kier alpha value is -2.29. The molecule has 0 fully saturated rings. The minimum atomic E-state index is -3.60. The molecular formula is C19H30N2O6S. The van der Waals surface area contributed by atoms with Crippen LogP contribution in [-0.4, -0.2) is 51.5 Å². The maximum atomic E-state index is 12.5. The molecule has 2 unspecified atom stereocenters. The van der Waals surface area contributed by atoms with Crippen molar-refractivity contribution in [2.45, 2.75) is 57.7 Å². The van der Waals surface area contributed by atoms with Gasteiger partial charge in [0, 0.05) is 6.04 Å². The molecular weight excluding hydrogens is 384 g/mol. The van der Waals surface area contributed by atoms with Crippen molar-refractivity contribution < 1.29 is 27.5 Å². The van der Waals surface area contributed by atoms with Crippen LogP contribution in [-0.2, 0) is 19.4 Å². The summed E-state index contributed by atoms with van der Waals surface area (Å²) in [6.07, 6.45) is -1.01. The molecule has 0 aliphatic heterocycles.